The van der Waals surface area contributed by atoms with Crippen molar-refractivity contribution in [1.82, 2.24) is 10.2 Å². The molecular weight excluding hydrogens is 357 g/mol. The number of para-hydroxylation sites is 1. The van der Waals surface area contributed by atoms with E-state index in [1.54, 1.807) is 0 Å². The SMILES string of the molecule is CCNCc1ccccc1NC(=O)c1cccc(CN(C)C)c1.Cl.Cl. The van der Waals surface area contributed by atoms with E-state index in [0.29, 0.717) is 5.56 Å². The summed E-state index contributed by atoms with van der Waals surface area (Å²) in [4.78, 5) is 14.6. The van der Waals surface area contributed by atoms with Gasteiger partial charge >= 0.3 is 0 Å². The first-order valence-corrected chi connectivity index (χ1v) is 7.93. The number of hydrogen-bond acceptors (Lipinski definition) is 3. The second-order valence-electron chi connectivity index (χ2n) is 5.83. The monoisotopic (exact) mass is 383 g/mol. The van der Waals surface area contributed by atoms with Crippen molar-refractivity contribution in [3.63, 3.8) is 0 Å². The quantitative estimate of drug-likeness (QED) is 0.760. The molecule has 0 saturated heterocycles. The zero-order valence-electron chi connectivity index (χ0n) is 14.9. The van der Waals surface area contributed by atoms with Crippen LogP contribution in [0.3, 0.4) is 0 Å². The Morgan fingerprint density at radius 3 is 2.44 bits per heavy atom. The highest BCUT2D eigenvalue weighted by molar-refractivity contribution is 6.04. The van der Waals surface area contributed by atoms with Gasteiger partial charge in [0.05, 0.1) is 0 Å². The Labute approximate surface area is 162 Å². The summed E-state index contributed by atoms with van der Waals surface area (Å²) in [5.74, 6) is -0.0745. The predicted molar refractivity (Wildman–Crippen MR) is 110 cm³/mol. The van der Waals surface area contributed by atoms with Gasteiger partial charge in [-0.25, -0.2) is 0 Å². The van der Waals surface area contributed by atoms with Crippen LogP contribution < -0.4 is 10.6 Å². The van der Waals surface area contributed by atoms with Crippen molar-refractivity contribution < 1.29 is 4.79 Å². The van der Waals surface area contributed by atoms with Gasteiger partial charge in [0.1, 0.15) is 0 Å². The molecule has 0 spiro atoms. The van der Waals surface area contributed by atoms with Crippen molar-refractivity contribution in [2.45, 2.75) is 20.0 Å². The van der Waals surface area contributed by atoms with Crippen molar-refractivity contribution in [2.75, 3.05) is 26.0 Å². The van der Waals surface area contributed by atoms with Crippen molar-refractivity contribution in [1.29, 1.82) is 0 Å². The van der Waals surface area contributed by atoms with Crippen LogP contribution in [0.5, 0.6) is 0 Å². The minimum Gasteiger partial charge on any atom is -0.322 e. The summed E-state index contributed by atoms with van der Waals surface area (Å²) in [6.07, 6.45) is 0. The molecule has 0 aliphatic heterocycles. The largest absolute Gasteiger partial charge is 0.322 e. The second kappa shape index (κ2) is 11.9. The molecule has 0 saturated carbocycles. The highest BCUT2D eigenvalue weighted by atomic mass is 35.5. The number of nitrogens with zero attached hydrogens (tertiary/aromatic N) is 1. The number of benzene rings is 2. The van der Waals surface area contributed by atoms with Crippen LogP contribution >= 0.6 is 24.8 Å². The maximum atomic E-state index is 12.5. The van der Waals surface area contributed by atoms with Crippen LogP contribution in [-0.2, 0) is 13.1 Å². The third-order valence-corrected chi connectivity index (χ3v) is 3.52. The Morgan fingerprint density at radius 1 is 1.04 bits per heavy atom. The molecule has 6 heteroatoms. The van der Waals surface area contributed by atoms with Crippen LogP contribution in [0.15, 0.2) is 48.5 Å². The first kappa shape index (κ1) is 23.4. The van der Waals surface area contributed by atoms with Gasteiger partial charge in [-0.05, 0) is 50.0 Å². The molecule has 0 unspecified atom stereocenters. The van der Waals surface area contributed by atoms with Gasteiger partial charge in [-0.1, -0.05) is 37.3 Å². The molecule has 0 aromatic heterocycles. The number of rotatable bonds is 7. The van der Waals surface area contributed by atoms with E-state index in [1.165, 1.54) is 0 Å². The number of anilines is 1. The Kier molecular flexibility index (Phi) is 11.1. The van der Waals surface area contributed by atoms with Crippen LogP contribution in [0.2, 0.25) is 0 Å². The van der Waals surface area contributed by atoms with E-state index in [4.69, 9.17) is 0 Å². The van der Waals surface area contributed by atoms with Crippen LogP contribution in [0.4, 0.5) is 5.69 Å². The van der Waals surface area contributed by atoms with Gasteiger partial charge in [-0.3, -0.25) is 4.79 Å². The van der Waals surface area contributed by atoms with Gasteiger partial charge in [-0.15, -0.1) is 24.8 Å². The molecule has 25 heavy (non-hydrogen) atoms. The van der Waals surface area contributed by atoms with E-state index in [0.717, 1.165) is 36.4 Å². The highest BCUT2D eigenvalue weighted by Gasteiger charge is 2.09. The maximum Gasteiger partial charge on any atom is 0.255 e. The van der Waals surface area contributed by atoms with Crippen molar-refractivity contribution in [3.8, 4) is 0 Å². The summed E-state index contributed by atoms with van der Waals surface area (Å²) in [6, 6.07) is 15.7. The topological polar surface area (TPSA) is 44.4 Å². The molecule has 0 radical (unpaired) electrons. The van der Waals surface area contributed by atoms with Gasteiger partial charge in [0.15, 0.2) is 0 Å². The average molecular weight is 384 g/mol. The van der Waals surface area contributed by atoms with E-state index in [2.05, 4.69) is 22.5 Å². The van der Waals surface area contributed by atoms with E-state index in [-0.39, 0.29) is 30.7 Å². The van der Waals surface area contributed by atoms with Crippen LogP contribution in [-0.4, -0.2) is 31.4 Å². The molecule has 0 aliphatic carbocycles. The number of carbonyl (C=O) groups excluding carboxylic acids is 1. The third-order valence-electron chi connectivity index (χ3n) is 3.52. The fourth-order valence-corrected chi connectivity index (χ4v) is 2.43. The van der Waals surface area contributed by atoms with Crippen molar-refractivity contribution in [2.24, 2.45) is 0 Å². The van der Waals surface area contributed by atoms with E-state index >= 15 is 0 Å². The maximum absolute atomic E-state index is 12.5. The van der Waals surface area contributed by atoms with Crippen LogP contribution in [0, 0.1) is 0 Å². The van der Waals surface area contributed by atoms with E-state index in [9.17, 15) is 4.79 Å². The standard InChI is InChI=1S/C19H25N3O.2ClH/c1-4-20-13-17-9-5-6-11-18(17)21-19(23)16-10-7-8-15(12-16)14-22(2)3;;/h5-12,20H,4,13-14H2,1-3H3,(H,21,23);2*1H. The lowest BCUT2D eigenvalue weighted by Crippen LogP contribution is -2.17. The minimum absolute atomic E-state index is 0. The molecule has 138 valence electrons. The van der Waals surface area contributed by atoms with Crippen molar-refractivity contribution >= 4 is 36.4 Å². The lowest BCUT2D eigenvalue weighted by Gasteiger charge is -2.13. The first-order valence-electron chi connectivity index (χ1n) is 7.93. The molecule has 1 amide bonds. The summed E-state index contributed by atoms with van der Waals surface area (Å²) >= 11 is 0. The number of nitrogens with one attached hydrogen (secondary N) is 2. The molecule has 2 aromatic carbocycles. The molecule has 2 N–H and O–H groups in total. The lowest BCUT2D eigenvalue weighted by molar-refractivity contribution is 0.102. The summed E-state index contributed by atoms with van der Waals surface area (Å²) < 4.78 is 0. The molecule has 0 bridgehead atoms. The Morgan fingerprint density at radius 2 is 1.76 bits per heavy atom. The van der Waals surface area contributed by atoms with E-state index in [1.807, 2.05) is 62.6 Å². The molecular formula is C19H27Cl2N3O. The van der Waals surface area contributed by atoms with Gasteiger partial charge in [0, 0.05) is 24.3 Å². The fourth-order valence-electron chi connectivity index (χ4n) is 2.43. The van der Waals surface area contributed by atoms with Gasteiger partial charge in [0.25, 0.3) is 5.91 Å². The summed E-state index contributed by atoms with van der Waals surface area (Å²) in [7, 11) is 4.04. The molecule has 0 heterocycles. The normalized spacial score (nSPS) is 9.92. The molecule has 2 rings (SSSR count). The highest BCUT2D eigenvalue weighted by Crippen LogP contribution is 2.17. The van der Waals surface area contributed by atoms with Gasteiger partial charge in [-0.2, -0.15) is 0 Å². The van der Waals surface area contributed by atoms with E-state index < -0.39 is 0 Å². The zero-order valence-corrected chi connectivity index (χ0v) is 16.5. The Balaban J connectivity index is 0.00000288. The van der Waals surface area contributed by atoms with Gasteiger partial charge in [0.2, 0.25) is 0 Å². The molecule has 0 aliphatic rings. The average Bonchev–Trinajstić information content (AvgIpc) is 2.53. The molecule has 4 nitrogen and oxygen atoms in total. The zero-order chi connectivity index (χ0) is 16.7. The Bertz CT molecular complexity index is 663. The summed E-state index contributed by atoms with van der Waals surface area (Å²) in [5.41, 5.74) is 3.76. The molecule has 2 aromatic rings. The van der Waals surface area contributed by atoms with Gasteiger partial charge < -0.3 is 15.5 Å². The fraction of sp³-hybridized carbons (Fsp3) is 0.316. The molecule has 0 atom stereocenters. The third kappa shape index (κ3) is 7.45. The molecule has 0 fully saturated rings. The number of halogens is 2. The lowest BCUT2D eigenvalue weighted by atomic mass is 10.1. The first-order chi connectivity index (χ1) is 11.1. The number of amides is 1. The second-order valence-corrected chi connectivity index (χ2v) is 5.83. The summed E-state index contributed by atoms with van der Waals surface area (Å²) in [6.45, 7) is 4.53. The summed E-state index contributed by atoms with van der Waals surface area (Å²) in [5, 5.41) is 6.32. The van der Waals surface area contributed by atoms with Crippen LogP contribution in [0.25, 0.3) is 0 Å². The van der Waals surface area contributed by atoms with Crippen molar-refractivity contribution in [3.05, 3.63) is 65.2 Å². The minimum atomic E-state index is -0.0745. The predicted octanol–water partition coefficient (Wildman–Crippen LogP) is 3.95. The number of carbonyl (C=O) groups is 1. The Hall–Kier alpha value is -1.59. The number of hydrogen-bond donors (Lipinski definition) is 2. The van der Waals surface area contributed by atoms with Crippen LogP contribution in [0.1, 0.15) is 28.4 Å². The smallest absolute Gasteiger partial charge is 0.255 e.